The summed E-state index contributed by atoms with van der Waals surface area (Å²) in [6.07, 6.45) is 2.62. The fourth-order valence-corrected chi connectivity index (χ4v) is 4.24. The summed E-state index contributed by atoms with van der Waals surface area (Å²) < 4.78 is 22.6. The van der Waals surface area contributed by atoms with E-state index in [1.807, 2.05) is 42.5 Å². The van der Waals surface area contributed by atoms with Crippen molar-refractivity contribution in [2.75, 3.05) is 27.4 Å². The molecule has 2 aromatic carbocycles. The summed E-state index contributed by atoms with van der Waals surface area (Å²) in [6.45, 7) is 1.37. The Morgan fingerprint density at radius 3 is 2.69 bits per heavy atom. The van der Waals surface area contributed by atoms with E-state index in [1.54, 1.807) is 14.2 Å². The van der Waals surface area contributed by atoms with Gasteiger partial charge in [0.25, 0.3) is 0 Å². The van der Waals surface area contributed by atoms with E-state index >= 15 is 0 Å². The highest BCUT2D eigenvalue weighted by atomic mass is 16.5. The molecule has 0 saturated carbocycles. The molecule has 2 aliphatic rings. The van der Waals surface area contributed by atoms with Crippen molar-refractivity contribution in [1.82, 2.24) is 5.32 Å². The number of hydrogen-bond donors (Lipinski definition) is 1. The average Bonchev–Trinajstić information content (AvgIpc) is 2.74. The van der Waals surface area contributed by atoms with E-state index in [-0.39, 0.29) is 24.0 Å². The third kappa shape index (κ3) is 4.17. The second kappa shape index (κ2) is 8.33. The lowest BCUT2D eigenvalue weighted by molar-refractivity contribution is -0.122. The number of ether oxygens (including phenoxy) is 4. The molecule has 0 aromatic heterocycles. The number of carbonyl (C=O) groups is 1. The van der Waals surface area contributed by atoms with Gasteiger partial charge in [-0.25, -0.2) is 0 Å². The molecule has 0 radical (unpaired) electrons. The standard InChI is InChI=1S/C23H27NO5/c1-26-17-7-8-20(27-2)16(13-17)14-22(25)24-19-15-23(9-11-28-12-10-23)29-21-6-4-3-5-18(19)21/h3-8,13,19H,9-12,14-15H2,1-2H3,(H,24,25)/t19-/m1/s1. The lowest BCUT2D eigenvalue weighted by Crippen LogP contribution is -2.48. The number of methoxy groups -OCH3 is 2. The maximum Gasteiger partial charge on any atom is 0.225 e. The minimum Gasteiger partial charge on any atom is -0.497 e. The van der Waals surface area contributed by atoms with Crippen LogP contribution in [0.2, 0.25) is 0 Å². The van der Waals surface area contributed by atoms with Crippen LogP contribution in [0.3, 0.4) is 0 Å². The molecule has 1 saturated heterocycles. The van der Waals surface area contributed by atoms with Crippen LogP contribution in [0.5, 0.6) is 17.2 Å². The van der Waals surface area contributed by atoms with Gasteiger partial charge in [0.15, 0.2) is 0 Å². The molecule has 29 heavy (non-hydrogen) atoms. The van der Waals surface area contributed by atoms with Crippen molar-refractivity contribution in [1.29, 1.82) is 0 Å². The first-order chi connectivity index (χ1) is 14.1. The van der Waals surface area contributed by atoms with Crippen LogP contribution in [0.15, 0.2) is 42.5 Å². The Morgan fingerprint density at radius 2 is 1.93 bits per heavy atom. The molecular weight excluding hydrogens is 370 g/mol. The van der Waals surface area contributed by atoms with Gasteiger partial charge in [0.05, 0.1) is 39.9 Å². The molecule has 2 aliphatic heterocycles. The van der Waals surface area contributed by atoms with Gasteiger partial charge in [-0.15, -0.1) is 0 Å². The van der Waals surface area contributed by atoms with Gasteiger partial charge in [-0.1, -0.05) is 18.2 Å². The monoisotopic (exact) mass is 397 g/mol. The molecule has 6 nitrogen and oxygen atoms in total. The van der Waals surface area contributed by atoms with Crippen LogP contribution in [0.1, 0.15) is 36.4 Å². The third-order valence-corrected chi connectivity index (χ3v) is 5.77. The zero-order valence-electron chi connectivity index (χ0n) is 16.9. The molecular formula is C23H27NO5. The summed E-state index contributed by atoms with van der Waals surface area (Å²) >= 11 is 0. The first kappa shape index (κ1) is 19.6. The van der Waals surface area contributed by atoms with Crippen molar-refractivity contribution in [2.24, 2.45) is 0 Å². The van der Waals surface area contributed by atoms with E-state index in [0.29, 0.717) is 24.7 Å². The van der Waals surface area contributed by atoms with E-state index in [4.69, 9.17) is 18.9 Å². The molecule has 2 heterocycles. The molecule has 0 unspecified atom stereocenters. The van der Waals surface area contributed by atoms with Crippen LogP contribution < -0.4 is 19.5 Å². The molecule has 4 rings (SSSR count). The lowest BCUT2D eigenvalue weighted by Gasteiger charge is -2.44. The van der Waals surface area contributed by atoms with Crippen molar-refractivity contribution < 1.29 is 23.7 Å². The van der Waals surface area contributed by atoms with Gasteiger partial charge in [0.1, 0.15) is 22.8 Å². The largest absolute Gasteiger partial charge is 0.497 e. The summed E-state index contributed by atoms with van der Waals surface area (Å²) in [7, 11) is 3.21. The van der Waals surface area contributed by atoms with Gasteiger partial charge >= 0.3 is 0 Å². The fourth-order valence-electron chi connectivity index (χ4n) is 4.24. The Labute approximate surface area is 171 Å². The maximum atomic E-state index is 13.0. The number of nitrogens with one attached hydrogen (secondary N) is 1. The van der Waals surface area contributed by atoms with Crippen molar-refractivity contribution in [2.45, 2.75) is 37.3 Å². The predicted octanol–water partition coefficient (Wildman–Crippen LogP) is 3.44. The van der Waals surface area contributed by atoms with Gasteiger partial charge in [-0.3, -0.25) is 4.79 Å². The summed E-state index contributed by atoms with van der Waals surface area (Å²) in [5.41, 5.74) is 1.54. The van der Waals surface area contributed by atoms with Crippen LogP contribution in [0, 0.1) is 0 Å². The maximum absolute atomic E-state index is 13.0. The Kier molecular flexibility index (Phi) is 5.62. The SMILES string of the molecule is COc1ccc(OC)c(CC(=O)N[C@@H]2CC3(CCOCC3)Oc3ccccc32)c1. The molecule has 1 amide bonds. The topological polar surface area (TPSA) is 66.0 Å². The number of benzene rings is 2. The van der Waals surface area contributed by atoms with Crippen molar-refractivity contribution in [3.63, 3.8) is 0 Å². The minimum absolute atomic E-state index is 0.0551. The van der Waals surface area contributed by atoms with Crippen molar-refractivity contribution >= 4 is 5.91 Å². The van der Waals surface area contributed by atoms with Crippen LogP contribution in [-0.2, 0) is 16.0 Å². The normalized spacial score (nSPS) is 19.7. The molecule has 1 atom stereocenters. The summed E-state index contributed by atoms with van der Waals surface area (Å²) in [4.78, 5) is 13.0. The number of amides is 1. The van der Waals surface area contributed by atoms with Gasteiger partial charge < -0.3 is 24.3 Å². The summed E-state index contributed by atoms with van der Waals surface area (Å²) in [5.74, 6) is 2.17. The third-order valence-electron chi connectivity index (χ3n) is 5.77. The minimum atomic E-state index is -0.280. The molecule has 154 valence electrons. The second-order valence-electron chi connectivity index (χ2n) is 7.61. The molecule has 0 bridgehead atoms. The fraction of sp³-hybridized carbons (Fsp3) is 0.435. The zero-order chi connectivity index (χ0) is 20.3. The molecule has 1 N–H and O–H groups in total. The van der Waals surface area contributed by atoms with E-state index in [9.17, 15) is 4.79 Å². The Bertz CT molecular complexity index is 875. The molecule has 1 spiro atoms. The molecule has 6 heteroatoms. The quantitative estimate of drug-likeness (QED) is 0.837. The zero-order valence-corrected chi connectivity index (χ0v) is 16.9. The number of fused-ring (bicyclic) bond motifs is 1. The van der Waals surface area contributed by atoms with Gasteiger partial charge in [0.2, 0.25) is 5.91 Å². The summed E-state index contributed by atoms with van der Waals surface area (Å²) in [6, 6.07) is 13.4. The lowest BCUT2D eigenvalue weighted by atomic mass is 9.82. The summed E-state index contributed by atoms with van der Waals surface area (Å²) in [5, 5.41) is 3.23. The van der Waals surface area contributed by atoms with Crippen LogP contribution in [0.4, 0.5) is 0 Å². The van der Waals surface area contributed by atoms with Gasteiger partial charge in [-0.2, -0.15) is 0 Å². The molecule has 2 aromatic rings. The van der Waals surface area contributed by atoms with E-state index < -0.39 is 0 Å². The highest BCUT2D eigenvalue weighted by Gasteiger charge is 2.42. The van der Waals surface area contributed by atoms with E-state index in [0.717, 1.165) is 36.1 Å². The molecule has 1 fully saturated rings. The van der Waals surface area contributed by atoms with Crippen molar-refractivity contribution in [3.05, 3.63) is 53.6 Å². The number of hydrogen-bond acceptors (Lipinski definition) is 5. The molecule has 0 aliphatic carbocycles. The first-order valence-corrected chi connectivity index (χ1v) is 9.98. The number of carbonyl (C=O) groups excluding carboxylic acids is 1. The Balaban J connectivity index is 1.54. The van der Waals surface area contributed by atoms with Crippen LogP contribution >= 0.6 is 0 Å². The Morgan fingerprint density at radius 1 is 1.14 bits per heavy atom. The average molecular weight is 397 g/mol. The smallest absolute Gasteiger partial charge is 0.225 e. The van der Waals surface area contributed by atoms with Gasteiger partial charge in [-0.05, 0) is 24.3 Å². The first-order valence-electron chi connectivity index (χ1n) is 9.98. The van der Waals surface area contributed by atoms with Crippen LogP contribution in [0.25, 0.3) is 0 Å². The predicted molar refractivity (Wildman–Crippen MR) is 109 cm³/mol. The number of rotatable bonds is 5. The Hall–Kier alpha value is -2.73. The van der Waals surface area contributed by atoms with E-state index in [1.165, 1.54) is 0 Å². The van der Waals surface area contributed by atoms with Crippen LogP contribution in [-0.4, -0.2) is 38.9 Å². The van der Waals surface area contributed by atoms with E-state index in [2.05, 4.69) is 5.32 Å². The van der Waals surface area contributed by atoms with Gasteiger partial charge in [0, 0.05) is 30.4 Å². The highest BCUT2D eigenvalue weighted by molar-refractivity contribution is 5.80. The van der Waals surface area contributed by atoms with Crippen molar-refractivity contribution in [3.8, 4) is 17.2 Å². The number of para-hydroxylation sites is 1. The highest BCUT2D eigenvalue weighted by Crippen LogP contribution is 2.43. The second-order valence-corrected chi connectivity index (χ2v) is 7.61.